The van der Waals surface area contributed by atoms with Gasteiger partial charge in [-0.15, -0.1) is 0 Å². The summed E-state index contributed by atoms with van der Waals surface area (Å²) in [5.74, 6) is -0.133. The van der Waals surface area contributed by atoms with E-state index in [0.717, 1.165) is 41.9 Å². The van der Waals surface area contributed by atoms with Crippen LogP contribution in [0.1, 0.15) is 27.0 Å². The van der Waals surface area contributed by atoms with Crippen LogP contribution in [0.15, 0.2) is 30.6 Å². The molecule has 0 spiro atoms. The molecule has 1 aromatic heterocycles. The van der Waals surface area contributed by atoms with Crippen LogP contribution in [0.3, 0.4) is 0 Å². The van der Waals surface area contributed by atoms with Gasteiger partial charge in [0.2, 0.25) is 0 Å². The SMILES string of the molecule is Cc1c(Cl)cccc1NC(=O)c1cncc2c1CCNC2. The first-order valence-electron chi connectivity index (χ1n) is 6.90. The molecule has 2 heterocycles. The Hall–Kier alpha value is -1.91. The van der Waals surface area contributed by atoms with Crippen LogP contribution in [0.25, 0.3) is 0 Å². The van der Waals surface area contributed by atoms with Crippen LogP contribution in [-0.2, 0) is 13.0 Å². The van der Waals surface area contributed by atoms with Crippen LogP contribution in [-0.4, -0.2) is 17.4 Å². The number of rotatable bonds is 2. The van der Waals surface area contributed by atoms with Gasteiger partial charge >= 0.3 is 0 Å². The number of halogens is 1. The minimum Gasteiger partial charge on any atom is -0.322 e. The van der Waals surface area contributed by atoms with Gasteiger partial charge < -0.3 is 10.6 Å². The average Bonchev–Trinajstić information content (AvgIpc) is 2.51. The van der Waals surface area contributed by atoms with Gasteiger partial charge in [0, 0.05) is 29.6 Å². The fraction of sp³-hybridized carbons (Fsp3) is 0.250. The Morgan fingerprint density at radius 1 is 1.38 bits per heavy atom. The van der Waals surface area contributed by atoms with Crippen LogP contribution >= 0.6 is 11.6 Å². The quantitative estimate of drug-likeness (QED) is 0.897. The number of anilines is 1. The Kier molecular flexibility index (Phi) is 3.90. The second kappa shape index (κ2) is 5.84. The van der Waals surface area contributed by atoms with E-state index in [4.69, 9.17) is 11.6 Å². The van der Waals surface area contributed by atoms with Crippen molar-refractivity contribution in [3.63, 3.8) is 0 Å². The molecular weight excluding hydrogens is 286 g/mol. The summed E-state index contributed by atoms with van der Waals surface area (Å²) < 4.78 is 0. The summed E-state index contributed by atoms with van der Waals surface area (Å²) in [5.41, 5.74) is 4.43. The van der Waals surface area contributed by atoms with Gasteiger partial charge in [0.15, 0.2) is 0 Å². The molecular formula is C16H16ClN3O. The van der Waals surface area contributed by atoms with Crippen molar-refractivity contribution in [2.24, 2.45) is 0 Å². The molecule has 0 atom stereocenters. The van der Waals surface area contributed by atoms with Crippen molar-refractivity contribution in [2.45, 2.75) is 19.9 Å². The number of hydrogen-bond acceptors (Lipinski definition) is 3. The molecule has 3 rings (SSSR count). The van der Waals surface area contributed by atoms with Crippen LogP contribution in [0.4, 0.5) is 5.69 Å². The standard InChI is InChI=1S/C16H16ClN3O/c1-10-14(17)3-2-4-15(10)20-16(21)13-9-19-8-11-7-18-6-5-12(11)13/h2-4,8-9,18H,5-7H2,1H3,(H,20,21). The van der Waals surface area contributed by atoms with Gasteiger partial charge in [-0.3, -0.25) is 9.78 Å². The van der Waals surface area contributed by atoms with Crippen molar-refractivity contribution in [3.05, 3.63) is 57.9 Å². The second-order valence-corrected chi connectivity index (χ2v) is 5.53. The van der Waals surface area contributed by atoms with E-state index in [0.29, 0.717) is 10.6 Å². The number of amides is 1. The maximum atomic E-state index is 12.5. The third kappa shape index (κ3) is 2.77. The summed E-state index contributed by atoms with van der Waals surface area (Å²) in [6, 6.07) is 5.49. The van der Waals surface area contributed by atoms with Crippen molar-refractivity contribution < 1.29 is 4.79 Å². The summed E-state index contributed by atoms with van der Waals surface area (Å²) in [6.45, 7) is 3.54. The Morgan fingerprint density at radius 2 is 2.24 bits per heavy atom. The lowest BCUT2D eigenvalue weighted by atomic mass is 9.98. The predicted molar refractivity (Wildman–Crippen MR) is 83.8 cm³/mol. The highest BCUT2D eigenvalue weighted by molar-refractivity contribution is 6.31. The molecule has 2 aromatic rings. The molecule has 108 valence electrons. The van der Waals surface area contributed by atoms with Crippen molar-refractivity contribution in [1.29, 1.82) is 0 Å². The number of nitrogens with one attached hydrogen (secondary N) is 2. The van der Waals surface area contributed by atoms with E-state index in [-0.39, 0.29) is 5.91 Å². The predicted octanol–water partition coefficient (Wildman–Crippen LogP) is 2.94. The van der Waals surface area contributed by atoms with E-state index < -0.39 is 0 Å². The van der Waals surface area contributed by atoms with Crippen LogP contribution in [0.5, 0.6) is 0 Å². The summed E-state index contributed by atoms with van der Waals surface area (Å²) in [4.78, 5) is 16.7. The van der Waals surface area contributed by atoms with Gasteiger partial charge in [-0.25, -0.2) is 0 Å². The monoisotopic (exact) mass is 301 g/mol. The lowest BCUT2D eigenvalue weighted by molar-refractivity contribution is 0.102. The Bertz CT molecular complexity index is 700. The molecule has 2 N–H and O–H groups in total. The maximum absolute atomic E-state index is 12.5. The molecule has 0 radical (unpaired) electrons. The highest BCUT2D eigenvalue weighted by Crippen LogP contribution is 2.24. The van der Waals surface area contributed by atoms with Gasteiger partial charge in [-0.1, -0.05) is 17.7 Å². The fourth-order valence-corrected chi connectivity index (χ4v) is 2.72. The Balaban J connectivity index is 1.91. The number of aromatic nitrogens is 1. The largest absolute Gasteiger partial charge is 0.322 e. The molecule has 1 aliphatic heterocycles. The minimum absolute atomic E-state index is 0.133. The average molecular weight is 302 g/mol. The van der Waals surface area contributed by atoms with Crippen molar-refractivity contribution >= 4 is 23.2 Å². The smallest absolute Gasteiger partial charge is 0.257 e. The number of carbonyl (C=O) groups excluding carboxylic acids is 1. The zero-order valence-corrected chi connectivity index (χ0v) is 12.5. The first-order chi connectivity index (χ1) is 10.2. The highest BCUT2D eigenvalue weighted by atomic mass is 35.5. The van der Waals surface area contributed by atoms with Crippen molar-refractivity contribution in [2.75, 3.05) is 11.9 Å². The molecule has 0 aliphatic carbocycles. The first kappa shape index (κ1) is 14.0. The van der Waals surface area contributed by atoms with E-state index in [1.54, 1.807) is 6.20 Å². The number of hydrogen-bond donors (Lipinski definition) is 2. The second-order valence-electron chi connectivity index (χ2n) is 5.12. The molecule has 0 saturated carbocycles. The summed E-state index contributed by atoms with van der Waals surface area (Å²) in [7, 11) is 0. The zero-order valence-electron chi connectivity index (χ0n) is 11.7. The van der Waals surface area contributed by atoms with Crippen molar-refractivity contribution in [1.82, 2.24) is 10.3 Å². The number of benzene rings is 1. The van der Waals surface area contributed by atoms with Crippen LogP contribution < -0.4 is 10.6 Å². The summed E-state index contributed by atoms with van der Waals surface area (Å²) in [5, 5.41) is 6.86. The molecule has 4 nitrogen and oxygen atoms in total. The number of nitrogens with zero attached hydrogens (tertiary/aromatic N) is 1. The van der Waals surface area contributed by atoms with Gasteiger partial charge in [0.1, 0.15) is 0 Å². The third-order valence-corrected chi connectivity index (χ3v) is 4.18. The van der Waals surface area contributed by atoms with E-state index in [9.17, 15) is 4.79 Å². The normalized spacial score (nSPS) is 13.6. The molecule has 0 bridgehead atoms. The summed E-state index contributed by atoms with van der Waals surface area (Å²) in [6.07, 6.45) is 4.30. The zero-order chi connectivity index (χ0) is 14.8. The van der Waals surface area contributed by atoms with E-state index in [1.807, 2.05) is 31.3 Å². The highest BCUT2D eigenvalue weighted by Gasteiger charge is 2.18. The molecule has 1 aliphatic rings. The Labute approximate surface area is 128 Å². The fourth-order valence-electron chi connectivity index (χ4n) is 2.54. The van der Waals surface area contributed by atoms with E-state index in [1.165, 1.54) is 0 Å². The first-order valence-corrected chi connectivity index (χ1v) is 7.27. The lowest BCUT2D eigenvalue weighted by Gasteiger charge is -2.19. The van der Waals surface area contributed by atoms with Gasteiger partial charge in [-0.2, -0.15) is 0 Å². The van der Waals surface area contributed by atoms with E-state index in [2.05, 4.69) is 15.6 Å². The third-order valence-electron chi connectivity index (χ3n) is 3.77. The molecule has 1 aromatic carbocycles. The maximum Gasteiger partial charge on any atom is 0.257 e. The molecule has 0 unspecified atom stereocenters. The van der Waals surface area contributed by atoms with Gasteiger partial charge in [0.25, 0.3) is 5.91 Å². The van der Waals surface area contributed by atoms with Gasteiger partial charge in [-0.05, 0) is 48.7 Å². The molecule has 5 heteroatoms. The number of pyridine rings is 1. The van der Waals surface area contributed by atoms with Crippen LogP contribution in [0, 0.1) is 6.92 Å². The topological polar surface area (TPSA) is 54.0 Å². The molecule has 1 amide bonds. The molecule has 0 saturated heterocycles. The minimum atomic E-state index is -0.133. The summed E-state index contributed by atoms with van der Waals surface area (Å²) >= 11 is 6.09. The molecule has 21 heavy (non-hydrogen) atoms. The van der Waals surface area contributed by atoms with E-state index >= 15 is 0 Å². The molecule has 0 fully saturated rings. The lowest BCUT2D eigenvalue weighted by Crippen LogP contribution is -2.27. The van der Waals surface area contributed by atoms with Gasteiger partial charge in [0.05, 0.1) is 5.56 Å². The Morgan fingerprint density at radius 3 is 3.10 bits per heavy atom. The van der Waals surface area contributed by atoms with Crippen molar-refractivity contribution in [3.8, 4) is 0 Å². The number of carbonyl (C=O) groups is 1. The van der Waals surface area contributed by atoms with Crippen LogP contribution in [0.2, 0.25) is 5.02 Å². The number of fused-ring (bicyclic) bond motifs is 1.